The Labute approximate surface area is 446 Å². The van der Waals surface area contributed by atoms with E-state index in [1.807, 2.05) is 164 Å². The summed E-state index contributed by atoms with van der Waals surface area (Å²) in [5.74, 6) is -3.70. The van der Waals surface area contributed by atoms with Crippen LogP contribution in [0.15, 0.2) is 170 Å². The standard InChI is InChI=1S/C61H62N6O8S/c1-60(2,3)75-54(68)35-50(66-59(73)74-37-48-46-29-15-13-27-44(46)45-28-14-16-30-47(45)48)56(70)64-51(34-39-36-63-49-31-18-17-26-43(39)49)58(72)67-33-19-32-53(67)57(71)65-52(55(62)69)38-76-61(40-20-7-4-8-21-40,41-22-9-5-10-23-41)42-24-11-6-12-25-42/h4-18,20-31,36,48,50-53,63H,19,32-35,37-38H2,1-3H3,(H2,62,69)(H,64,70)(H,65,71)(H,66,73)/t50-,51-,52-,53-/m0/s1. The summed E-state index contributed by atoms with van der Waals surface area (Å²) in [4.78, 5) is 89.7. The number of H-pyrrole nitrogens is 1. The van der Waals surface area contributed by atoms with E-state index in [9.17, 15) is 24.0 Å². The van der Waals surface area contributed by atoms with Crippen molar-refractivity contribution in [1.82, 2.24) is 25.8 Å². The summed E-state index contributed by atoms with van der Waals surface area (Å²) < 4.78 is 10.6. The molecule has 1 aliphatic carbocycles. The van der Waals surface area contributed by atoms with Crippen molar-refractivity contribution in [1.29, 1.82) is 0 Å². The summed E-state index contributed by atoms with van der Waals surface area (Å²) in [5.41, 5.74) is 13.6. The number of hydrogen-bond donors (Lipinski definition) is 5. The largest absolute Gasteiger partial charge is 0.460 e. The number of nitrogens with zero attached hydrogens (tertiary/aromatic N) is 1. The van der Waals surface area contributed by atoms with Crippen LogP contribution in [-0.2, 0) is 44.6 Å². The number of carbonyl (C=O) groups excluding carboxylic acids is 6. The van der Waals surface area contributed by atoms with Gasteiger partial charge in [-0.25, -0.2) is 4.79 Å². The second-order valence-electron chi connectivity index (χ2n) is 20.2. The summed E-state index contributed by atoms with van der Waals surface area (Å²) in [5, 5.41) is 9.19. The van der Waals surface area contributed by atoms with Crippen LogP contribution in [0.3, 0.4) is 0 Å². The molecule has 76 heavy (non-hydrogen) atoms. The molecule has 5 amide bonds. The van der Waals surface area contributed by atoms with Crippen molar-refractivity contribution in [2.24, 2.45) is 5.73 Å². The van der Waals surface area contributed by atoms with Gasteiger partial charge in [-0.05, 0) is 84.2 Å². The fourth-order valence-corrected chi connectivity index (χ4v) is 12.0. The Morgan fingerprint density at radius 1 is 0.684 bits per heavy atom. The number of benzene rings is 6. The van der Waals surface area contributed by atoms with Crippen molar-refractivity contribution in [3.63, 3.8) is 0 Å². The first-order valence-corrected chi connectivity index (χ1v) is 26.6. The Morgan fingerprint density at radius 2 is 1.24 bits per heavy atom. The lowest BCUT2D eigenvalue weighted by atomic mass is 9.84. The van der Waals surface area contributed by atoms with E-state index >= 15 is 4.79 Å². The number of para-hydroxylation sites is 1. The Balaban J connectivity index is 0.955. The smallest absolute Gasteiger partial charge is 0.407 e. The van der Waals surface area contributed by atoms with Crippen molar-refractivity contribution in [2.75, 3.05) is 18.9 Å². The highest BCUT2D eigenvalue weighted by atomic mass is 32.2. The van der Waals surface area contributed by atoms with Crippen LogP contribution in [0.25, 0.3) is 22.0 Å². The molecule has 1 aliphatic heterocycles. The average Bonchev–Trinajstić information content (AvgIpc) is 4.21. The van der Waals surface area contributed by atoms with Gasteiger partial charge in [0.2, 0.25) is 23.6 Å². The molecule has 2 heterocycles. The quantitative estimate of drug-likeness (QED) is 0.0389. The van der Waals surface area contributed by atoms with Crippen molar-refractivity contribution < 1.29 is 38.2 Å². The number of fused-ring (bicyclic) bond motifs is 4. The van der Waals surface area contributed by atoms with Gasteiger partial charge in [0, 0.05) is 41.7 Å². The highest BCUT2D eigenvalue weighted by Gasteiger charge is 2.42. The number of ether oxygens (including phenoxy) is 2. The maximum absolute atomic E-state index is 15.1. The zero-order valence-corrected chi connectivity index (χ0v) is 43.5. The third-order valence-electron chi connectivity index (χ3n) is 14.0. The molecule has 0 saturated carbocycles. The van der Waals surface area contributed by atoms with Crippen LogP contribution < -0.4 is 21.7 Å². The molecular formula is C61H62N6O8S. The number of carbonyl (C=O) groups is 6. The van der Waals surface area contributed by atoms with Crippen LogP contribution >= 0.6 is 11.8 Å². The summed E-state index contributed by atoms with van der Waals surface area (Å²) in [6.07, 6.45) is 0.937. The van der Waals surface area contributed by atoms with Crippen LogP contribution in [-0.4, -0.2) is 94.2 Å². The van der Waals surface area contributed by atoms with Crippen LogP contribution in [0, 0.1) is 0 Å². The maximum atomic E-state index is 15.1. The van der Waals surface area contributed by atoms with Crippen molar-refractivity contribution in [3.05, 3.63) is 203 Å². The lowest BCUT2D eigenvalue weighted by molar-refractivity contribution is -0.156. The van der Waals surface area contributed by atoms with Gasteiger partial charge in [-0.3, -0.25) is 24.0 Å². The highest BCUT2D eigenvalue weighted by molar-refractivity contribution is 8.00. The number of aromatic nitrogens is 1. The lowest BCUT2D eigenvalue weighted by Gasteiger charge is -2.36. The van der Waals surface area contributed by atoms with E-state index < -0.39 is 76.6 Å². The number of primary amides is 1. The minimum Gasteiger partial charge on any atom is -0.460 e. The highest BCUT2D eigenvalue weighted by Crippen LogP contribution is 2.49. The number of alkyl carbamates (subject to hydrolysis) is 1. The van der Waals surface area contributed by atoms with Gasteiger partial charge in [-0.1, -0.05) is 158 Å². The van der Waals surface area contributed by atoms with Crippen LogP contribution in [0.1, 0.15) is 79.3 Å². The first kappa shape index (κ1) is 52.7. The zero-order chi connectivity index (χ0) is 53.4. The summed E-state index contributed by atoms with van der Waals surface area (Å²) in [6.45, 7) is 5.19. The minimum absolute atomic E-state index is 0.0232. The Bertz CT molecular complexity index is 3070. The third kappa shape index (κ3) is 11.7. The predicted molar refractivity (Wildman–Crippen MR) is 294 cm³/mol. The van der Waals surface area contributed by atoms with Crippen LogP contribution in [0.2, 0.25) is 0 Å². The molecular weight excluding hydrogens is 977 g/mol. The van der Waals surface area contributed by atoms with E-state index in [0.717, 1.165) is 49.8 Å². The Morgan fingerprint density at radius 3 is 1.82 bits per heavy atom. The van der Waals surface area contributed by atoms with Gasteiger partial charge in [0.1, 0.15) is 36.4 Å². The molecule has 7 aromatic rings. The van der Waals surface area contributed by atoms with Gasteiger partial charge >= 0.3 is 12.1 Å². The molecule has 6 aromatic carbocycles. The van der Waals surface area contributed by atoms with Crippen LogP contribution in [0.5, 0.6) is 0 Å². The first-order valence-electron chi connectivity index (χ1n) is 25.6. The molecule has 1 fully saturated rings. The topological polar surface area (TPSA) is 202 Å². The van der Waals surface area contributed by atoms with Gasteiger partial charge in [0.05, 0.1) is 11.2 Å². The molecule has 0 spiro atoms. The number of esters is 1. The normalized spacial score (nSPS) is 15.4. The second kappa shape index (κ2) is 23.2. The monoisotopic (exact) mass is 1040 g/mol. The van der Waals surface area contributed by atoms with E-state index in [-0.39, 0.29) is 37.7 Å². The maximum Gasteiger partial charge on any atom is 0.407 e. The minimum atomic E-state index is -1.54. The van der Waals surface area contributed by atoms with Crippen molar-refractivity contribution in [2.45, 2.75) is 86.9 Å². The number of aromatic amines is 1. The Kier molecular flexibility index (Phi) is 16.1. The molecule has 1 aromatic heterocycles. The summed E-state index contributed by atoms with van der Waals surface area (Å²) in [7, 11) is 0. The molecule has 1 saturated heterocycles. The Hall–Kier alpha value is -8.17. The van der Waals surface area contributed by atoms with E-state index in [4.69, 9.17) is 15.2 Å². The number of nitrogens with two attached hydrogens (primary N) is 1. The van der Waals surface area contributed by atoms with Gasteiger partial charge in [0.25, 0.3) is 0 Å². The number of nitrogens with one attached hydrogen (secondary N) is 4. The number of thioether (sulfide) groups is 1. The van der Waals surface area contributed by atoms with Gasteiger partial charge in [0.15, 0.2) is 0 Å². The van der Waals surface area contributed by atoms with Crippen molar-refractivity contribution >= 4 is 58.4 Å². The van der Waals surface area contributed by atoms with Gasteiger partial charge < -0.3 is 41.0 Å². The predicted octanol–water partition coefficient (Wildman–Crippen LogP) is 8.52. The van der Waals surface area contributed by atoms with Gasteiger partial charge in [-0.2, -0.15) is 0 Å². The van der Waals surface area contributed by atoms with Gasteiger partial charge in [-0.15, -0.1) is 11.8 Å². The second-order valence-corrected chi connectivity index (χ2v) is 21.4. The molecule has 9 rings (SSSR count). The number of likely N-dealkylation sites (tertiary alicyclic amines) is 1. The molecule has 0 unspecified atom stereocenters. The first-order chi connectivity index (χ1) is 36.7. The molecule has 14 nitrogen and oxygen atoms in total. The van der Waals surface area contributed by atoms with E-state index in [0.29, 0.717) is 12.0 Å². The molecule has 0 bridgehead atoms. The molecule has 15 heteroatoms. The molecule has 4 atom stereocenters. The van der Waals surface area contributed by atoms with E-state index in [2.05, 4.69) is 20.9 Å². The number of hydrogen-bond acceptors (Lipinski definition) is 9. The fraction of sp³-hybridized carbons (Fsp3) is 0.279. The van der Waals surface area contributed by atoms with E-state index in [1.165, 1.54) is 16.7 Å². The SMILES string of the molecule is CC(C)(C)OC(=O)C[C@H](NC(=O)OCC1c2ccccc2-c2ccccc21)C(=O)N[C@@H](Cc1c[nH]c2ccccc12)C(=O)N1CCC[C@H]1C(=O)N[C@@H](CSC(c1ccccc1)(c1ccccc1)c1ccccc1)C(N)=O. The lowest BCUT2D eigenvalue weighted by Crippen LogP contribution is -2.58. The van der Waals surface area contributed by atoms with E-state index in [1.54, 1.807) is 27.0 Å². The zero-order valence-electron chi connectivity index (χ0n) is 42.7. The molecule has 2 aliphatic rings. The summed E-state index contributed by atoms with van der Waals surface area (Å²) in [6, 6.07) is 48.1. The molecule has 390 valence electrons. The fourth-order valence-electron chi connectivity index (χ4n) is 10.5. The number of amides is 5. The number of rotatable bonds is 19. The third-order valence-corrected chi connectivity index (χ3v) is 15.6. The molecule has 0 radical (unpaired) electrons. The molecule has 6 N–H and O–H groups in total. The van der Waals surface area contributed by atoms with Crippen molar-refractivity contribution in [3.8, 4) is 11.1 Å². The summed E-state index contributed by atoms with van der Waals surface area (Å²) >= 11 is 1.47. The average molecular weight is 1040 g/mol. The van der Waals surface area contributed by atoms with Crippen LogP contribution in [0.4, 0.5) is 4.79 Å².